The van der Waals surface area contributed by atoms with E-state index in [-0.39, 0.29) is 17.9 Å². The summed E-state index contributed by atoms with van der Waals surface area (Å²) in [5.41, 5.74) is 3.08. The number of benzene rings is 2. The molecule has 2 heterocycles. The Hall–Kier alpha value is -3.15. The molecule has 5 rings (SSSR count). The molecule has 3 aromatic rings. The summed E-state index contributed by atoms with van der Waals surface area (Å²) in [6, 6.07) is 15.5. The first-order valence-electron chi connectivity index (χ1n) is 10.9. The minimum atomic E-state index is -0.104. The second-order valence-electron chi connectivity index (χ2n) is 8.24. The summed E-state index contributed by atoms with van der Waals surface area (Å²) in [7, 11) is 0. The zero-order chi connectivity index (χ0) is 20.5. The molecular formula is C24H26N4O2. The fourth-order valence-electron chi connectivity index (χ4n) is 4.63. The van der Waals surface area contributed by atoms with Crippen molar-refractivity contribution in [2.75, 3.05) is 11.4 Å². The minimum Gasteiger partial charge on any atom is -0.349 e. The minimum absolute atomic E-state index is 0.0491. The summed E-state index contributed by atoms with van der Waals surface area (Å²) < 4.78 is 1.96. The number of para-hydroxylation sites is 1. The Morgan fingerprint density at radius 3 is 2.50 bits per heavy atom. The van der Waals surface area contributed by atoms with Crippen LogP contribution in [0.3, 0.4) is 0 Å². The highest BCUT2D eigenvalue weighted by molar-refractivity contribution is 6.07. The summed E-state index contributed by atoms with van der Waals surface area (Å²) in [5.74, 6) is 0.279. The van der Waals surface area contributed by atoms with E-state index in [4.69, 9.17) is 0 Å². The SMILES string of the molecule is O=C(NC1CCCCCC1)c1ccc2c(c1)nc1n2CCN(c2ccccc2)C1=O. The molecule has 2 aromatic carbocycles. The first-order valence-corrected chi connectivity index (χ1v) is 10.9. The Bertz CT molecular complexity index is 1080. The lowest BCUT2D eigenvalue weighted by Gasteiger charge is -2.27. The Kier molecular flexibility index (Phi) is 4.99. The molecule has 1 fully saturated rings. The molecule has 1 aliphatic heterocycles. The molecule has 1 aromatic heterocycles. The Morgan fingerprint density at radius 1 is 0.967 bits per heavy atom. The number of hydrogen-bond acceptors (Lipinski definition) is 3. The standard InChI is InChI=1S/C24H26N4O2/c29-23(25-18-8-4-1-2-5-9-18)17-12-13-21-20(16-17)26-22-24(30)27(14-15-28(21)22)19-10-6-3-7-11-19/h3,6-7,10-13,16,18H,1-2,4-5,8-9,14-15H2,(H,25,29). The van der Waals surface area contributed by atoms with Gasteiger partial charge in [-0.05, 0) is 43.2 Å². The summed E-state index contributed by atoms with van der Waals surface area (Å²) in [4.78, 5) is 32.2. The monoisotopic (exact) mass is 402 g/mol. The van der Waals surface area contributed by atoms with Gasteiger partial charge in [-0.1, -0.05) is 43.9 Å². The van der Waals surface area contributed by atoms with Crippen LogP contribution in [0.2, 0.25) is 0 Å². The van der Waals surface area contributed by atoms with E-state index < -0.39 is 0 Å². The maximum Gasteiger partial charge on any atom is 0.294 e. The number of aromatic nitrogens is 2. The van der Waals surface area contributed by atoms with E-state index in [1.807, 2.05) is 53.1 Å². The summed E-state index contributed by atoms with van der Waals surface area (Å²) in [5, 5.41) is 3.19. The van der Waals surface area contributed by atoms with Gasteiger partial charge in [0, 0.05) is 30.4 Å². The van der Waals surface area contributed by atoms with E-state index in [1.165, 1.54) is 25.7 Å². The van der Waals surface area contributed by atoms with Crippen molar-refractivity contribution in [1.29, 1.82) is 0 Å². The smallest absolute Gasteiger partial charge is 0.294 e. The molecule has 0 atom stereocenters. The number of anilines is 1. The highest BCUT2D eigenvalue weighted by Crippen LogP contribution is 2.25. The maximum absolute atomic E-state index is 13.1. The second-order valence-corrected chi connectivity index (χ2v) is 8.24. The van der Waals surface area contributed by atoms with Crippen molar-refractivity contribution >= 4 is 28.5 Å². The number of carbonyl (C=O) groups excluding carboxylic acids is 2. The predicted octanol–water partition coefficient (Wildman–Crippen LogP) is 4.15. The second kappa shape index (κ2) is 7.94. The van der Waals surface area contributed by atoms with Crippen molar-refractivity contribution in [1.82, 2.24) is 14.9 Å². The largest absolute Gasteiger partial charge is 0.349 e. The third-order valence-electron chi connectivity index (χ3n) is 6.25. The van der Waals surface area contributed by atoms with Gasteiger partial charge in [0.1, 0.15) is 0 Å². The average molecular weight is 402 g/mol. The zero-order valence-corrected chi connectivity index (χ0v) is 17.0. The normalized spacial score (nSPS) is 17.6. The molecule has 6 nitrogen and oxygen atoms in total. The van der Waals surface area contributed by atoms with Crippen LogP contribution in [-0.2, 0) is 6.54 Å². The lowest BCUT2D eigenvalue weighted by molar-refractivity contribution is 0.0931. The summed E-state index contributed by atoms with van der Waals surface area (Å²) >= 11 is 0. The molecule has 1 N–H and O–H groups in total. The molecule has 30 heavy (non-hydrogen) atoms. The number of amides is 2. The van der Waals surface area contributed by atoms with Crippen LogP contribution in [0.4, 0.5) is 5.69 Å². The van der Waals surface area contributed by atoms with Gasteiger partial charge >= 0.3 is 0 Å². The van der Waals surface area contributed by atoms with Crippen LogP contribution in [-0.4, -0.2) is 34.0 Å². The van der Waals surface area contributed by atoms with Gasteiger partial charge in [-0.3, -0.25) is 9.59 Å². The van der Waals surface area contributed by atoms with Crippen molar-refractivity contribution in [3.8, 4) is 0 Å². The first kappa shape index (κ1) is 18.9. The van der Waals surface area contributed by atoms with Crippen LogP contribution in [0.15, 0.2) is 48.5 Å². The van der Waals surface area contributed by atoms with E-state index >= 15 is 0 Å². The van der Waals surface area contributed by atoms with Crippen LogP contribution in [0.1, 0.15) is 59.5 Å². The predicted molar refractivity (Wildman–Crippen MR) is 117 cm³/mol. The van der Waals surface area contributed by atoms with Crippen LogP contribution >= 0.6 is 0 Å². The number of nitrogens with zero attached hydrogens (tertiary/aromatic N) is 3. The molecule has 0 radical (unpaired) electrons. The van der Waals surface area contributed by atoms with Crippen LogP contribution in [0, 0.1) is 0 Å². The lowest BCUT2D eigenvalue weighted by Crippen LogP contribution is -2.40. The molecule has 0 spiro atoms. The van der Waals surface area contributed by atoms with Gasteiger partial charge in [0.15, 0.2) is 0 Å². The highest BCUT2D eigenvalue weighted by Gasteiger charge is 2.29. The third-order valence-corrected chi connectivity index (χ3v) is 6.25. The molecule has 6 heteroatoms. The Morgan fingerprint density at radius 2 is 1.73 bits per heavy atom. The van der Waals surface area contributed by atoms with E-state index in [2.05, 4.69) is 10.3 Å². The number of fused-ring (bicyclic) bond motifs is 3. The van der Waals surface area contributed by atoms with Crippen molar-refractivity contribution in [3.05, 3.63) is 59.9 Å². The molecule has 0 bridgehead atoms. The fraction of sp³-hybridized carbons (Fsp3) is 0.375. The van der Waals surface area contributed by atoms with Crippen molar-refractivity contribution in [2.24, 2.45) is 0 Å². The van der Waals surface area contributed by atoms with Gasteiger partial charge < -0.3 is 14.8 Å². The van der Waals surface area contributed by atoms with Crippen molar-refractivity contribution in [2.45, 2.75) is 51.1 Å². The quantitative estimate of drug-likeness (QED) is 0.669. The summed E-state index contributed by atoms with van der Waals surface area (Å²) in [6.07, 6.45) is 6.97. The molecule has 2 aliphatic rings. The number of imidazole rings is 1. The van der Waals surface area contributed by atoms with E-state index in [9.17, 15) is 9.59 Å². The van der Waals surface area contributed by atoms with E-state index in [1.54, 1.807) is 4.90 Å². The molecule has 154 valence electrons. The Labute approximate surface area is 175 Å². The molecule has 1 aliphatic carbocycles. The number of nitrogens with one attached hydrogen (secondary N) is 1. The third kappa shape index (κ3) is 3.47. The van der Waals surface area contributed by atoms with Crippen molar-refractivity contribution in [3.63, 3.8) is 0 Å². The van der Waals surface area contributed by atoms with Crippen LogP contribution < -0.4 is 10.2 Å². The van der Waals surface area contributed by atoms with E-state index in [0.29, 0.717) is 30.0 Å². The topological polar surface area (TPSA) is 67.2 Å². The molecular weight excluding hydrogens is 376 g/mol. The highest BCUT2D eigenvalue weighted by atomic mass is 16.2. The average Bonchev–Trinajstić information content (AvgIpc) is 2.95. The van der Waals surface area contributed by atoms with Crippen molar-refractivity contribution < 1.29 is 9.59 Å². The van der Waals surface area contributed by atoms with Gasteiger partial charge in [-0.25, -0.2) is 4.98 Å². The van der Waals surface area contributed by atoms with Gasteiger partial charge in [0.25, 0.3) is 11.8 Å². The van der Waals surface area contributed by atoms with Gasteiger partial charge in [-0.2, -0.15) is 0 Å². The number of hydrogen-bond donors (Lipinski definition) is 1. The molecule has 1 saturated carbocycles. The number of rotatable bonds is 3. The number of carbonyl (C=O) groups is 2. The summed E-state index contributed by atoms with van der Waals surface area (Å²) in [6.45, 7) is 1.28. The lowest BCUT2D eigenvalue weighted by atomic mass is 10.1. The zero-order valence-electron chi connectivity index (χ0n) is 17.0. The van der Waals surface area contributed by atoms with Crippen LogP contribution in [0.5, 0.6) is 0 Å². The van der Waals surface area contributed by atoms with Gasteiger partial charge in [0.2, 0.25) is 5.82 Å². The van der Waals surface area contributed by atoms with Crippen LogP contribution in [0.25, 0.3) is 11.0 Å². The van der Waals surface area contributed by atoms with Gasteiger partial charge in [-0.15, -0.1) is 0 Å². The van der Waals surface area contributed by atoms with E-state index in [0.717, 1.165) is 24.0 Å². The van der Waals surface area contributed by atoms with Gasteiger partial charge in [0.05, 0.1) is 11.0 Å². The molecule has 0 unspecified atom stereocenters. The molecule has 2 amide bonds. The molecule has 0 saturated heterocycles. The first-order chi connectivity index (χ1) is 14.7. The Balaban J connectivity index is 1.40. The fourth-order valence-corrected chi connectivity index (χ4v) is 4.63. The maximum atomic E-state index is 13.1.